The van der Waals surface area contributed by atoms with Crippen LogP contribution in [-0.2, 0) is 12.8 Å². The summed E-state index contributed by atoms with van der Waals surface area (Å²) in [6.45, 7) is 4.55. The highest BCUT2D eigenvalue weighted by molar-refractivity contribution is 5.74. The molecule has 2 aromatic heterocycles. The van der Waals surface area contributed by atoms with Gasteiger partial charge in [-0.05, 0) is 83.3 Å². The Labute approximate surface area is 267 Å². The van der Waals surface area contributed by atoms with Crippen LogP contribution in [0.1, 0.15) is 124 Å². The molecule has 0 aliphatic carbocycles. The standard InChI is InChI=1S/C42H52N2/c1-3-5-7-9-11-13-15-35-17-21-37(22-18-35)25-27-39-29-31-43-41(33-39)42-34-40(30-32-44-42)28-26-38-23-19-36(20-24-38)16-14-12-10-8-6-4-2/h17-34H,3-16H2,1-2H3. The highest BCUT2D eigenvalue weighted by Gasteiger charge is 2.03. The zero-order valence-corrected chi connectivity index (χ0v) is 27.2. The zero-order valence-electron chi connectivity index (χ0n) is 27.2. The van der Waals surface area contributed by atoms with Gasteiger partial charge in [0.2, 0.25) is 0 Å². The Morgan fingerprint density at radius 1 is 0.409 bits per heavy atom. The first-order valence-corrected chi connectivity index (χ1v) is 17.2. The van der Waals surface area contributed by atoms with Crippen LogP contribution in [-0.4, -0.2) is 9.97 Å². The second kappa shape index (κ2) is 19.5. The van der Waals surface area contributed by atoms with E-state index in [-0.39, 0.29) is 0 Å². The minimum atomic E-state index is 0.885. The van der Waals surface area contributed by atoms with Crippen molar-refractivity contribution in [2.75, 3.05) is 0 Å². The van der Waals surface area contributed by atoms with Crippen molar-refractivity contribution in [3.05, 3.63) is 119 Å². The van der Waals surface area contributed by atoms with E-state index >= 15 is 0 Å². The second-order valence-corrected chi connectivity index (χ2v) is 12.1. The molecule has 0 bridgehead atoms. The van der Waals surface area contributed by atoms with Crippen LogP contribution in [0.4, 0.5) is 0 Å². The van der Waals surface area contributed by atoms with E-state index in [0.717, 1.165) is 22.5 Å². The fourth-order valence-electron chi connectivity index (χ4n) is 5.58. The molecule has 2 heterocycles. The number of hydrogen-bond donors (Lipinski definition) is 0. The largest absolute Gasteiger partial charge is 0.255 e. The molecular weight excluding hydrogens is 532 g/mol. The van der Waals surface area contributed by atoms with Crippen molar-refractivity contribution < 1.29 is 0 Å². The molecular formula is C42H52N2. The molecule has 0 N–H and O–H groups in total. The van der Waals surface area contributed by atoms with Crippen LogP contribution in [0.2, 0.25) is 0 Å². The summed E-state index contributed by atoms with van der Waals surface area (Å²) in [5.41, 5.74) is 9.32. The minimum Gasteiger partial charge on any atom is -0.255 e. The third-order valence-electron chi connectivity index (χ3n) is 8.36. The Morgan fingerprint density at radius 2 is 0.773 bits per heavy atom. The third-order valence-corrected chi connectivity index (χ3v) is 8.36. The third kappa shape index (κ3) is 12.1. The lowest BCUT2D eigenvalue weighted by molar-refractivity contribution is 0.607. The van der Waals surface area contributed by atoms with Crippen LogP contribution in [0.25, 0.3) is 35.7 Å². The number of hydrogen-bond acceptors (Lipinski definition) is 2. The van der Waals surface area contributed by atoms with E-state index in [4.69, 9.17) is 0 Å². The van der Waals surface area contributed by atoms with E-state index in [1.807, 2.05) is 24.5 Å². The molecule has 0 spiro atoms. The van der Waals surface area contributed by atoms with Crippen LogP contribution >= 0.6 is 0 Å². The summed E-state index contributed by atoms with van der Waals surface area (Å²) in [7, 11) is 0. The maximum absolute atomic E-state index is 4.62. The molecule has 0 aliphatic rings. The SMILES string of the molecule is CCCCCCCCc1ccc(C=Cc2ccnc(-c3cc(C=Cc4ccc(CCCCCCCC)cc4)ccn3)c2)cc1. The molecule has 2 heteroatoms. The van der Waals surface area contributed by atoms with E-state index in [1.165, 1.54) is 112 Å². The smallest absolute Gasteiger partial charge is 0.0892 e. The lowest BCUT2D eigenvalue weighted by atomic mass is 10.0. The number of pyridine rings is 2. The minimum absolute atomic E-state index is 0.885. The van der Waals surface area contributed by atoms with Crippen molar-refractivity contribution in [2.24, 2.45) is 0 Å². The van der Waals surface area contributed by atoms with Gasteiger partial charge in [-0.1, -0.05) is 151 Å². The quantitative estimate of drug-likeness (QED) is 0.102. The average Bonchev–Trinajstić information content (AvgIpc) is 3.07. The van der Waals surface area contributed by atoms with Crippen molar-refractivity contribution in [2.45, 2.75) is 104 Å². The molecule has 0 saturated carbocycles. The van der Waals surface area contributed by atoms with Gasteiger partial charge in [-0.15, -0.1) is 0 Å². The Hall–Kier alpha value is -3.78. The predicted octanol–water partition coefficient (Wildman–Crippen LogP) is 12.3. The van der Waals surface area contributed by atoms with E-state index in [9.17, 15) is 0 Å². The number of unbranched alkanes of at least 4 members (excludes halogenated alkanes) is 10. The van der Waals surface area contributed by atoms with Gasteiger partial charge in [0, 0.05) is 12.4 Å². The Kier molecular flexibility index (Phi) is 14.7. The van der Waals surface area contributed by atoms with Crippen molar-refractivity contribution in [3.8, 4) is 11.4 Å². The maximum atomic E-state index is 4.62. The van der Waals surface area contributed by atoms with E-state index < -0.39 is 0 Å². The van der Waals surface area contributed by atoms with Gasteiger partial charge in [0.15, 0.2) is 0 Å². The summed E-state index contributed by atoms with van der Waals surface area (Å²) in [5.74, 6) is 0. The molecule has 2 aromatic carbocycles. The first-order valence-electron chi connectivity index (χ1n) is 17.2. The molecule has 0 aliphatic heterocycles. The number of aryl methyl sites for hydroxylation is 2. The highest BCUT2D eigenvalue weighted by atomic mass is 14.8. The first-order chi connectivity index (χ1) is 21.7. The van der Waals surface area contributed by atoms with Gasteiger partial charge >= 0.3 is 0 Å². The van der Waals surface area contributed by atoms with Crippen LogP contribution in [0.5, 0.6) is 0 Å². The number of benzene rings is 2. The number of aromatic nitrogens is 2. The average molecular weight is 585 g/mol. The lowest BCUT2D eigenvalue weighted by Gasteiger charge is -2.04. The normalized spacial score (nSPS) is 11.6. The van der Waals surface area contributed by atoms with Crippen molar-refractivity contribution >= 4 is 24.3 Å². The van der Waals surface area contributed by atoms with Gasteiger partial charge in [-0.2, -0.15) is 0 Å². The Bertz CT molecular complexity index is 1300. The fourth-order valence-corrected chi connectivity index (χ4v) is 5.58. The molecule has 44 heavy (non-hydrogen) atoms. The molecule has 4 rings (SSSR count). The first kappa shape index (κ1) is 33.1. The molecule has 0 fully saturated rings. The Morgan fingerprint density at radius 3 is 1.18 bits per heavy atom. The van der Waals surface area contributed by atoms with Gasteiger partial charge < -0.3 is 0 Å². The van der Waals surface area contributed by atoms with Crippen molar-refractivity contribution in [1.29, 1.82) is 0 Å². The van der Waals surface area contributed by atoms with Gasteiger partial charge in [0.1, 0.15) is 0 Å². The Balaban J connectivity index is 1.29. The molecule has 0 amide bonds. The molecule has 0 saturated heterocycles. The van der Waals surface area contributed by atoms with Crippen LogP contribution in [0.3, 0.4) is 0 Å². The van der Waals surface area contributed by atoms with Gasteiger partial charge in [0.25, 0.3) is 0 Å². The molecule has 2 nitrogen and oxygen atoms in total. The van der Waals surface area contributed by atoms with E-state index in [2.05, 4.69) is 109 Å². The van der Waals surface area contributed by atoms with Crippen LogP contribution in [0.15, 0.2) is 85.2 Å². The summed E-state index contributed by atoms with van der Waals surface area (Å²) in [6, 6.07) is 26.3. The topological polar surface area (TPSA) is 25.8 Å². The van der Waals surface area contributed by atoms with Gasteiger partial charge in [-0.25, -0.2) is 0 Å². The predicted molar refractivity (Wildman–Crippen MR) is 192 cm³/mol. The summed E-state index contributed by atoms with van der Waals surface area (Å²) in [6.07, 6.45) is 30.9. The molecule has 0 radical (unpaired) electrons. The summed E-state index contributed by atoms with van der Waals surface area (Å²) in [4.78, 5) is 9.24. The fraction of sp³-hybridized carbons (Fsp3) is 0.381. The zero-order chi connectivity index (χ0) is 30.7. The second-order valence-electron chi connectivity index (χ2n) is 12.1. The molecule has 4 aromatic rings. The van der Waals surface area contributed by atoms with Crippen molar-refractivity contribution in [3.63, 3.8) is 0 Å². The van der Waals surface area contributed by atoms with Crippen LogP contribution < -0.4 is 0 Å². The van der Waals surface area contributed by atoms with Gasteiger partial charge in [0.05, 0.1) is 11.4 Å². The maximum Gasteiger partial charge on any atom is 0.0892 e. The number of nitrogens with zero attached hydrogens (tertiary/aromatic N) is 2. The highest BCUT2D eigenvalue weighted by Crippen LogP contribution is 2.20. The van der Waals surface area contributed by atoms with Crippen molar-refractivity contribution in [1.82, 2.24) is 9.97 Å². The van der Waals surface area contributed by atoms with Crippen LogP contribution in [0, 0.1) is 0 Å². The molecule has 230 valence electrons. The monoisotopic (exact) mass is 584 g/mol. The number of rotatable bonds is 19. The van der Waals surface area contributed by atoms with Gasteiger partial charge in [-0.3, -0.25) is 9.97 Å². The van der Waals surface area contributed by atoms with E-state index in [0.29, 0.717) is 0 Å². The molecule has 0 atom stereocenters. The lowest BCUT2D eigenvalue weighted by Crippen LogP contribution is -1.89. The summed E-state index contributed by atoms with van der Waals surface area (Å²) in [5, 5.41) is 0. The summed E-state index contributed by atoms with van der Waals surface area (Å²) < 4.78 is 0. The van der Waals surface area contributed by atoms with E-state index in [1.54, 1.807) is 0 Å². The summed E-state index contributed by atoms with van der Waals surface area (Å²) >= 11 is 0. The molecule has 0 unspecified atom stereocenters.